The molecule has 2 saturated heterocycles. The second kappa shape index (κ2) is 7.87. The van der Waals surface area contributed by atoms with Crippen LogP contribution in [0.15, 0.2) is 24.5 Å². The van der Waals surface area contributed by atoms with Crippen molar-refractivity contribution in [3.63, 3.8) is 0 Å². The lowest BCUT2D eigenvalue weighted by atomic mass is 10.1. The highest BCUT2D eigenvalue weighted by molar-refractivity contribution is 6.42. The SMILES string of the molecule is N[C@@H]1CN(c2cc(N3Cc4cc(Cl)c(Cl)cc4C3)ncn2)C[C@@H]1N1CCCCC1=O. The molecule has 0 saturated carbocycles. The molecule has 0 aliphatic carbocycles. The van der Waals surface area contributed by atoms with Crippen LogP contribution in [-0.2, 0) is 17.9 Å². The topological polar surface area (TPSA) is 78.6 Å². The van der Waals surface area contributed by atoms with Crippen molar-refractivity contribution < 1.29 is 4.79 Å². The summed E-state index contributed by atoms with van der Waals surface area (Å²) in [4.78, 5) is 27.7. The Morgan fingerprint density at radius 3 is 2.27 bits per heavy atom. The molecule has 9 heteroatoms. The minimum Gasteiger partial charge on any atom is -0.353 e. The smallest absolute Gasteiger partial charge is 0.222 e. The number of carbonyl (C=O) groups is 1. The van der Waals surface area contributed by atoms with Crippen LogP contribution in [0.25, 0.3) is 0 Å². The van der Waals surface area contributed by atoms with Crippen molar-refractivity contribution in [2.75, 3.05) is 29.4 Å². The van der Waals surface area contributed by atoms with Gasteiger partial charge in [0, 0.05) is 51.3 Å². The predicted molar refractivity (Wildman–Crippen MR) is 118 cm³/mol. The quantitative estimate of drug-likeness (QED) is 0.780. The Balaban J connectivity index is 1.33. The van der Waals surface area contributed by atoms with E-state index in [9.17, 15) is 4.79 Å². The summed E-state index contributed by atoms with van der Waals surface area (Å²) in [5, 5.41) is 1.15. The van der Waals surface area contributed by atoms with E-state index >= 15 is 0 Å². The molecule has 0 bridgehead atoms. The van der Waals surface area contributed by atoms with Crippen LogP contribution in [0.3, 0.4) is 0 Å². The molecule has 2 atom stereocenters. The summed E-state index contributed by atoms with van der Waals surface area (Å²) in [6.45, 7) is 3.64. The number of halogens is 2. The lowest BCUT2D eigenvalue weighted by Gasteiger charge is -2.34. The standard InChI is InChI=1S/C21H24Cl2N6O/c22-15-5-13-8-27(9-14(13)6-16(15)23)19-7-20(26-12-25-19)28-10-17(24)18(11-28)29-4-2-1-3-21(29)30/h5-7,12,17-18H,1-4,8-11,24H2/t17-,18+/m1/s1. The van der Waals surface area contributed by atoms with E-state index in [0.29, 0.717) is 29.6 Å². The number of hydrogen-bond donors (Lipinski definition) is 1. The van der Waals surface area contributed by atoms with Gasteiger partial charge in [-0.3, -0.25) is 4.79 Å². The van der Waals surface area contributed by atoms with Gasteiger partial charge in [-0.15, -0.1) is 0 Å². The average Bonchev–Trinajstić information content (AvgIpc) is 3.32. The zero-order valence-corrected chi connectivity index (χ0v) is 18.1. The van der Waals surface area contributed by atoms with Crippen LogP contribution < -0.4 is 15.5 Å². The summed E-state index contributed by atoms with van der Waals surface area (Å²) in [5.41, 5.74) is 8.76. The summed E-state index contributed by atoms with van der Waals surface area (Å²) < 4.78 is 0. The summed E-state index contributed by atoms with van der Waals surface area (Å²) in [6.07, 6.45) is 4.25. The van der Waals surface area contributed by atoms with Crippen LogP contribution in [0.2, 0.25) is 10.0 Å². The molecule has 2 N–H and O–H groups in total. The van der Waals surface area contributed by atoms with Crippen LogP contribution in [0.1, 0.15) is 30.4 Å². The Morgan fingerprint density at radius 2 is 1.60 bits per heavy atom. The van der Waals surface area contributed by atoms with Gasteiger partial charge in [0.1, 0.15) is 18.0 Å². The van der Waals surface area contributed by atoms with Gasteiger partial charge in [-0.05, 0) is 36.1 Å². The second-order valence-electron chi connectivity index (χ2n) is 8.31. The lowest BCUT2D eigenvalue weighted by molar-refractivity contribution is -0.135. The fourth-order valence-corrected chi connectivity index (χ4v) is 5.11. The van der Waals surface area contributed by atoms with Gasteiger partial charge in [0.15, 0.2) is 0 Å². The van der Waals surface area contributed by atoms with Gasteiger partial charge >= 0.3 is 0 Å². The third-order valence-corrected chi connectivity index (χ3v) is 7.07. The van der Waals surface area contributed by atoms with E-state index in [1.54, 1.807) is 6.33 Å². The molecular weight excluding hydrogens is 423 g/mol. The number of fused-ring (bicyclic) bond motifs is 1. The maximum atomic E-state index is 12.4. The highest BCUT2D eigenvalue weighted by Gasteiger charge is 2.38. The van der Waals surface area contributed by atoms with Crippen LogP contribution in [0.5, 0.6) is 0 Å². The van der Waals surface area contributed by atoms with Gasteiger partial charge in [0.25, 0.3) is 0 Å². The fourth-order valence-electron chi connectivity index (χ4n) is 4.74. The van der Waals surface area contributed by atoms with Gasteiger partial charge < -0.3 is 20.4 Å². The number of nitrogens with zero attached hydrogens (tertiary/aromatic N) is 5. The first-order chi connectivity index (χ1) is 14.5. The number of benzene rings is 1. The average molecular weight is 447 g/mol. The van der Waals surface area contributed by atoms with E-state index < -0.39 is 0 Å². The third kappa shape index (κ3) is 3.59. The van der Waals surface area contributed by atoms with Crippen molar-refractivity contribution >= 4 is 40.7 Å². The van der Waals surface area contributed by atoms with Crippen molar-refractivity contribution in [3.8, 4) is 0 Å². The summed E-state index contributed by atoms with van der Waals surface area (Å²) in [5.74, 6) is 1.92. The zero-order chi connectivity index (χ0) is 20.8. The first kappa shape index (κ1) is 19.8. The Bertz CT molecular complexity index is 955. The van der Waals surface area contributed by atoms with Crippen molar-refractivity contribution in [2.45, 2.75) is 44.4 Å². The highest BCUT2D eigenvalue weighted by Crippen LogP contribution is 2.34. The molecule has 4 heterocycles. The highest BCUT2D eigenvalue weighted by atomic mass is 35.5. The number of anilines is 2. The molecule has 3 aliphatic heterocycles. The predicted octanol–water partition coefficient (Wildman–Crippen LogP) is 2.83. The zero-order valence-electron chi connectivity index (χ0n) is 16.6. The Hall–Kier alpha value is -2.09. The monoisotopic (exact) mass is 446 g/mol. The number of aromatic nitrogens is 2. The molecule has 1 aromatic heterocycles. The molecule has 2 fully saturated rings. The second-order valence-corrected chi connectivity index (χ2v) is 9.12. The molecule has 158 valence electrons. The van der Waals surface area contributed by atoms with Crippen LogP contribution in [0.4, 0.5) is 11.6 Å². The Morgan fingerprint density at radius 1 is 0.933 bits per heavy atom. The fraction of sp³-hybridized carbons (Fsp3) is 0.476. The van der Waals surface area contributed by atoms with Gasteiger partial charge in [0.05, 0.1) is 16.1 Å². The number of carbonyl (C=O) groups excluding carboxylic acids is 1. The molecule has 5 rings (SSSR count). The van der Waals surface area contributed by atoms with E-state index in [1.807, 2.05) is 23.1 Å². The minimum absolute atomic E-state index is 0.0385. The molecule has 0 radical (unpaired) electrons. The maximum absolute atomic E-state index is 12.4. The van der Waals surface area contributed by atoms with Gasteiger partial charge in [-0.25, -0.2) is 9.97 Å². The summed E-state index contributed by atoms with van der Waals surface area (Å²) in [7, 11) is 0. The van der Waals surface area contributed by atoms with Gasteiger partial charge in [-0.1, -0.05) is 23.2 Å². The molecular formula is C21H24Cl2N6O. The van der Waals surface area contributed by atoms with Crippen molar-refractivity contribution in [1.82, 2.24) is 14.9 Å². The van der Waals surface area contributed by atoms with Crippen molar-refractivity contribution in [3.05, 3.63) is 45.7 Å². The number of piperidine rings is 1. The summed E-state index contributed by atoms with van der Waals surface area (Å²) in [6, 6.07) is 5.83. The van der Waals surface area contributed by atoms with E-state index in [0.717, 1.165) is 55.2 Å². The van der Waals surface area contributed by atoms with Gasteiger partial charge in [-0.2, -0.15) is 0 Å². The molecule has 7 nitrogen and oxygen atoms in total. The molecule has 1 amide bonds. The van der Waals surface area contributed by atoms with E-state index in [-0.39, 0.29) is 18.0 Å². The van der Waals surface area contributed by atoms with E-state index in [4.69, 9.17) is 28.9 Å². The number of rotatable bonds is 3. The Kier molecular flexibility index (Phi) is 5.21. The van der Waals surface area contributed by atoms with Gasteiger partial charge in [0.2, 0.25) is 5.91 Å². The first-order valence-electron chi connectivity index (χ1n) is 10.3. The van der Waals surface area contributed by atoms with E-state index in [2.05, 4.69) is 19.8 Å². The molecule has 3 aliphatic rings. The molecule has 0 spiro atoms. The molecule has 2 aromatic rings. The van der Waals surface area contributed by atoms with Crippen LogP contribution in [0, 0.1) is 0 Å². The van der Waals surface area contributed by atoms with Crippen molar-refractivity contribution in [2.24, 2.45) is 5.73 Å². The largest absolute Gasteiger partial charge is 0.353 e. The normalized spacial score (nSPS) is 24.0. The molecule has 30 heavy (non-hydrogen) atoms. The number of likely N-dealkylation sites (tertiary alicyclic amines) is 1. The number of hydrogen-bond acceptors (Lipinski definition) is 6. The minimum atomic E-state index is -0.0780. The number of amides is 1. The third-order valence-electron chi connectivity index (χ3n) is 6.34. The maximum Gasteiger partial charge on any atom is 0.222 e. The lowest BCUT2D eigenvalue weighted by Crippen LogP contribution is -2.51. The summed E-state index contributed by atoms with van der Waals surface area (Å²) >= 11 is 12.4. The Labute approximate surface area is 185 Å². The van der Waals surface area contributed by atoms with Crippen molar-refractivity contribution in [1.29, 1.82) is 0 Å². The van der Waals surface area contributed by atoms with Crippen LogP contribution >= 0.6 is 23.2 Å². The first-order valence-corrected chi connectivity index (χ1v) is 11.1. The number of nitrogens with two attached hydrogens (primary N) is 1. The van der Waals surface area contributed by atoms with E-state index in [1.165, 1.54) is 0 Å². The van der Waals surface area contributed by atoms with Crippen LogP contribution in [-0.4, -0.2) is 52.5 Å². The molecule has 0 unspecified atom stereocenters. The molecule has 1 aromatic carbocycles.